The fraction of sp³-hybridized carbons (Fsp3) is 0.190. The number of halogens is 3. The number of rotatable bonds is 4. The number of imidazole rings is 1. The predicted molar refractivity (Wildman–Crippen MR) is 115 cm³/mol. The van der Waals surface area contributed by atoms with Gasteiger partial charge in [0.05, 0.1) is 11.3 Å². The van der Waals surface area contributed by atoms with Crippen molar-refractivity contribution in [3.05, 3.63) is 60.3 Å². The Bertz CT molecular complexity index is 1460. The van der Waals surface area contributed by atoms with Gasteiger partial charge >= 0.3 is 6.18 Å². The topological polar surface area (TPSA) is 90.8 Å². The molecule has 0 saturated heterocycles. The number of fused-ring (bicyclic) bond motifs is 1. The van der Waals surface area contributed by atoms with Crippen molar-refractivity contribution >= 4 is 17.2 Å². The smallest absolute Gasteiger partial charge is 0.331 e. The Balaban J connectivity index is 1.66. The standard InChI is InChI=1S/C21H18F3N9/c1-12-14(15-6-8-32(3)29-15)11-33-17(12)18(28-19(30-33)20-25-7-9-31(20)2)27-16-5-4-13(10-26-16)21(22,23)24/h4-11H,1-3H3,(H,26,27,28,30). The molecule has 33 heavy (non-hydrogen) atoms. The van der Waals surface area contributed by atoms with Gasteiger partial charge in [-0.3, -0.25) is 4.68 Å². The summed E-state index contributed by atoms with van der Waals surface area (Å²) in [4.78, 5) is 12.9. The molecule has 5 aromatic rings. The molecule has 0 atom stereocenters. The molecule has 5 aromatic heterocycles. The largest absolute Gasteiger partial charge is 0.417 e. The molecule has 0 spiro atoms. The molecule has 0 aliphatic carbocycles. The van der Waals surface area contributed by atoms with Crippen LogP contribution in [-0.2, 0) is 20.3 Å². The minimum atomic E-state index is -4.46. The van der Waals surface area contributed by atoms with Crippen molar-refractivity contribution in [1.29, 1.82) is 0 Å². The maximum Gasteiger partial charge on any atom is 0.417 e. The Kier molecular flexibility index (Phi) is 4.65. The van der Waals surface area contributed by atoms with Crippen LogP contribution in [-0.4, -0.2) is 38.9 Å². The van der Waals surface area contributed by atoms with E-state index in [0.717, 1.165) is 29.1 Å². The second kappa shape index (κ2) is 7.43. The fourth-order valence-electron chi connectivity index (χ4n) is 3.57. The summed E-state index contributed by atoms with van der Waals surface area (Å²) in [5.74, 6) is 1.47. The molecule has 0 aliphatic heterocycles. The van der Waals surface area contributed by atoms with E-state index in [9.17, 15) is 13.2 Å². The van der Waals surface area contributed by atoms with Crippen LogP contribution in [0.4, 0.5) is 24.8 Å². The number of pyridine rings is 1. The SMILES string of the molecule is Cc1c(-c2ccn(C)n2)cn2nc(-c3nccn3C)nc(Nc3ccc(C(F)(F)F)cn3)c12. The molecule has 0 aromatic carbocycles. The van der Waals surface area contributed by atoms with E-state index < -0.39 is 11.7 Å². The van der Waals surface area contributed by atoms with Crippen LogP contribution < -0.4 is 5.32 Å². The number of nitrogens with one attached hydrogen (secondary N) is 1. The third kappa shape index (κ3) is 3.69. The van der Waals surface area contributed by atoms with Crippen molar-refractivity contribution in [3.63, 3.8) is 0 Å². The van der Waals surface area contributed by atoms with Gasteiger partial charge < -0.3 is 9.88 Å². The quantitative estimate of drug-likeness (QED) is 0.443. The molecule has 0 saturated carbocycles. The van der Waals surface area contributed by atoms with Crippen molar-refractivity contribution in [1.82, 2.24) is 38.9 Å². The maximum absolute atomic E-state index is 12.9. The first-order valence-corrected chi connectivity index (χ1v) is 9.88. The number of nitrogens with zero attached hydrogens (tertiary/aromatic N) is 8. The van der Waals surface area contributed by atoms with E-state index >= 15 is 0 Å². The van der Waals surface area contributed by atoms with Crippen molar-refractivity contribution < 1.29 is 13.2 Å². The highest BCUT2D eigenvalue weighted by Crippen LogP contribution is 2.33. The van der Waals surface area contributed by atoms with E-state index in [2.05, 4.69) is 30.5 Å². The van der Waals surface area contributed by atoms with Crippen LogP contribution in [0.15, 0.2) is 49.2 Å². The molecule has 5 rings (SSSR count). The van der Waals surface area contributed by atoms with E-state index in [4.69, 9.17) is 0 Å². The predicted octanol–water partition coefficient (Wildman–Crippen LogP) is 4.00. The van der Waals surface area contributed by atoms with Gasteiger partial charge in [-0.25, -0.2) is 19.5 Å². The number of anilines is 2. The van der Waals surface area contributed by atoms with Crippen molar-refractivity contribution in [3.8, 4) is 22.9 Å². The van der Waals surface area contributed by atoms with Gasteiger partial charge in [0.1, 0.15) is 11.3 Å². The Hall–Kier alpha value is -4.22. The second-order valence-electron chi connectivity index (χ2n) is 7.54. The zero-order valence-corrected chi connectivity index (χ0v) is 17.8. The maximum atomic E-state index is 12.9. The number of alkyl halides is 3. The van der Waals surface area contributed by atoms with E-state index in [1.165, 1.54) is 6.07 Å². The highest BCUT2D eigenvalue weighted by Gasteiger charge is 2.30. The normalized spacial score (nSPS) is 11.9. The fourth-order valence-corrected chi connectivity index (χ4v) is 3.57. The lowest BCUT2D eigenvalue weighted by molar-refractivity contribution is -0.137. The zero-order valence-electron chi connectivity index (χ0n) is 17.8. The van der Waals surface area contributed by atoms with E-state index in [1.54, 1.807) is 26.2 Å². The first kappa shape index (κ1) is 20.7. The summed E-state index contributed by atoms with van der Waals surface area (Å²) >= 11 is 0. The zero-order chi connectivity index (χ0) is 23.3. The highest BCUT2D eigenvalue weighted by molar-refractivity contribution is 5.84. The molecule has 168 valence electrons. The third-order valence-electron chi connectivity index (χ3n) is 5.23. The summed E-state index contributed by atoms with van der Waals surface area (Å²) in [6.45, 7) is 1.91. The minimum Gasteiger partial charge on any atom is -0.331 e. The number of hydrogen-bond acceptors (Lipinski definition) is 6. The highest BCUT2D eigenvalue weighted by atomic mass is 19.4. The number of aryl methyl sites for hydroxylation is 3. The van der Waals surface area contributed by atoms with Crippen LogP contribution in [0.25, 0.3) is 28.4 Å². The molecule has 5 heterocycles. The Morgan fingerprint density at radius 3 is 2.42 bits per heavy atom. The van der Waals surface area contributed by atoms with E-state index in [1.807, 2.05) is 39.5 Å². The van der Waals surface area contributed by atoms with Gasteiger partial charge in [0.15, 0.2) is 11.6 Å². The second-order valence-corrected chi connectivity index (χ2v) is 7.54. The van der Waals surface area contributed by atoms with Gasteiger partial charge in [0.25, 0.3) is 0 Å². The molecule has 1 N–H and O–H groups in total. The van der Waals surface area contributed by atoms with E-state index in [-0.39, 0.29) is 5.82 Å². The number of hydrogen-bond donors (Lipinski definition) is 1. The molecule has 12 heteroatoms. The van der Waals surface area contributed by atoms with Gasteiger partial charge in [0.2, 0.25) is 5.82 Å². The van der Waals surface area contributed by atoms with Gasteiger partial charge in [-0.15, -0.1) is 5.10 Å². The summed E-state index contributed by atoms with van der Waals surface area (Å²) in [6.07, 6.45) is 3.40. The molecule has 0 fully saturated rings. The summed E-state index contributed by atoms with van der Waals surface area (Å²) in [5.41, 5.74) is 2.29. The van der Waals surface area contributed by atoms with Crippen LogP contribution >= 0.6 is 0 Å². The molecule has 0 aliphatic rings. The summed E-state index contributed by atoms with van der Waals surface area (Å²) in [6, 6.07) is 4.12. The number of aromatic nitrogens is 8. The molecule has 0 bridgehead atoms. The lowest BCUT2D eigenvalue weighted by Gasteiger charge is -2.11. The minimum absolute atomic E-state index is 0.217. The summed E-state index contributed by atoms with van der Waals surface area (Å²) in [7, 11) is 3.65. The summed E-state index contributed by atoms with van der Waals surface area (Å²) in [5, 5.41) is 12.1. The molecular formula is C21H18F3N9. The van der Waals surface area contributed by atoms with Gasteiger partial charge in [-0.2, -0.15) is 18.3 Å². The lowest BCUT2D eigenvalue weighted by Crippen LogP contribution is -2.08. The van der Waals surface area contributed by atoms with Gasteiger partial charge in [-0.05, 0) is 30.7 Å². The molecular weight excluding hydrogens is 435 g/mol. The molecule has 0 unspecified atom stereocenters. The Morgan fingerprint density at radius 2 is 1.82 bits per heavy atom. The summed E-state index contributed by atoms with van der Waals surface area (Å²) < 4.78 is 43.9. The van der Waals surface area contributed by atoms with Gasteiger partial charge in [0, 0.05) is 50.6 Å². The van der Waals surface area contributed by atoms with E-state index in [0.29, 0.717) is 23.0 Å². The Morgan fingerprint density at radius 1 is 1.00 bits per heavy atom. The molecule has 9 nitrogen and oxygen atoms in total. The monoisotopic (exact) mass is 453 g/mol. The molecule has 0 amide bonds. The first-order valence-electron chi connectivity index (χ1n) is 9.88. The van der Waals surface area contributed by atoms with Crippen LogP contribution in [0, 0.1) is 6.92 Å². The first-order chi connectivity index (χ1) is 15.7. The molecule has 0 radical (unpaired) electrons. The Labute approximate surface area is 185 Å². The van der Waals surface area contributed by atoms with Crippen molar-refractivity contribution in [2.75, 3.05) is 5.32 Å². The third-order valence-corrected chi connectivity index (χ3v) is 5.23. The van der Waals surface area contributed by atoms with Crippen LogP contribution in [0.3, 0.4) is 0 Å². The lowest BCUT2D eigenvalue weighted by atomic mass is 10.1. The van der Waals surface area contributed by atoms with Crippen LogP contribution in [0.5, 0.6) is 0 Å². The van der Waals surface area contributed by atoms with Crippen LogP contribution in [0.1, 0.15) is 11.1 Å². The van der Waals surface area contributed by atoms with Crippen molar-refractivity contribution in [2.45, 2.75) is 13.1 Å². The average molecular weight is 453 g/mol. The average Bonchev–Trinajstić information content (AvgIpc) is 3.46. The van der Waals surface area contributed by atoms with Crippen molar-refractivity contribution in [2.24, 2.45) is 14.1 Å². The van der Waals surface area contributed by atoms with Gasteiger partial charge in [-0.1, -0.05) is 0 Å². The van der Waals surface area contributed by atoms with Crippen LogP contribution in [0.2, 0.25) is 0 Å².